The quantitative estimate of drug-likeness (QED) is 0.332. The Morgan fingerprint density at radius 2 is 2.12 bits per heavy atom. The van der Waals surface area contributed by atoms with Crippen molar-refractivity contribution in [3.05, 3.63) is 23.6 Å². The number of nitrogens with two attached hydrogens (primary N) is 2. The molecule has 0 amide bonds. The van der Waals surface area contributed by atoms with E-state index in [9.17, 15) is 0 Å². The molecule has 0 atom stereocenters. The van der Waals surface area contributed by atoms with Gasteiger partial charge in [0.2, 0.25) is 0 Å². The molecule has 0 radical (unpaired) electrons. The lowest BCUT2D eigenvalue weighted by Crippen LogP contribution is -2.14. The van der Waals surface area contributed by atoms with E-state index < -0.39 is 0 Å². The van der Waals surface area contributed by atoms with Crippen LogP contribution in [0.5, 0.6) is 0 Å². The van der Waals surface area contributed by atoms with E-state index in [0.717, 1.165) is 0 Å². The summed E-state index contributed by atoms with van der Waals surface area (Å²) in [6.45, 7) is 0.209. The zero-order valence-corrected chi connectivity index (χ0v) is 8.20. The number of nitrogens with zero attached hydrogens (tertiary/aromatic N) is 1. The molecule has 2 heterocycles. The fraction of sp³-hybridized carbons (Fsp3) is 0.125. The van der Waals surface area contributed by atoms with Crippen LogP contribution in [0.25, 0.3) is 5.70 Å². The van der Waals surface area contributed by atoms with Gasteiger partial charge in [0.25, 0.3) is 5.89 Å². The smallest absolute Gasteiger partial charge is 0.262 e. The minimum absolute atomic E-state index is 0.0131. The summed E-state index contributed by atoms with van der Waals surface area (Å²) in [5.41, 5.74) is 11.0. The number of hydrogen-bond acceptors (Lipinski definition) is 6. The highest BCUT2D eigenvalue weighted by molar-refractivity contribution is 6.00. The van der Waals surface area contributed by atoms with Crippen LogP contribution in [0.1, 0.15) is 11.7 Å². The van der Waals surface area contributed by atoms with Crippen molar-refractivity contribution in [1.82, 2.24) is 10.3 Å². The van der Waals surface area contributed by atoms with Gasteiger partial charge in [0.05, 0.1) is 6.20 Å². The largest absolute Gasteiger partial charge is 0.467 e. The molecule has 0 unspecified atom stereocenters. The standard InChI is InChI=1S/C8H10N6O2/c9-6(10)5-4(14-2-15-5)3-1-13-8(16-3)7(11)12/h1,14H,2H2,(H3,9,10)(H3,11,12). The number of aromatic nitrogens is 1. The average Bonchev–Trinajstić information content (AvgIpc) is 2.86. The molecule has 0 fully saturated rings. The van der Waals surface area contributed by atoms with Crippen LogP contribution in [0, 0.1) is 10.8 Å². The molecular formula is C8H10N6O2. The van der Waals surface area contributed by atoms with Crippen molar-refractivity contribution >= 4 is 17.4 Å². The average molecular weight is 222 g/mol. The summed E-state index contributed by atoms with van der Waals surface area (Å²) in [5.74, 6) is 0.0640. The molecule has 0 aromatic carbocycles. The molecule has 8 nitrogen and oxygen atoms in total. The predicted octanol–water partition coefficient (Wildman–Crippen LogP) is -0.859. The summed E-state index contributed by atoms with van der Waals surface area (Å²) in [6, 6.07) is 0. The van der Waals surface area contributed by atoms with E-state index in [0.29, 0.717) is 11.5 Å². The number of hydrogen-bond donors (Lipinski definition) is 5. The zero-order valence-electron chi connectivity index (χ0n) is 8.20. The van der Waals surface area contributed by atoms with E-state index in [1.54, 1.807) is 0 Å². The summed E-state index contributed by atoms with van der Waals surface area (Å²) < 4.78 is 10.3. The highest BCUT2D eigenvalue weighted by atomic mass is 16.5. The van der Waals surface area contributed by atoms with Gasteiger partial charge in [-0.1, -0.05) is 0 Å². The second-order valence-electron chi connectivity index (χ2n) is 3.03. The third-order valence-corrected chi connectivity index (χ3v) is 1.92. The second kappa shape index (κ2) is 3.57. The Kier molecular flexibility index (Phi) is 2.24. The molecular weight excluding hydrogens is 212 g/mol. The molecule has 84 valence electrons. The first-order valence-electron chi connectivity index (χ1n) is 4.35. The Bertz CT molecular complexity index is 488. The minimum Gasteiger partial charge on any atom is -0.467 e. The lowest BCUT2D eigenvalue weighted by Gasteiger charge is -1.99. The van der Waals surface area contributed by atoms with Gasteiger partial charge in [-0.3, -0.25) is 10.8 Å². The van der Waals surface area contributed by atoms with E-state index in [1.165, 1.54) is 6.20 Å². The van der Waals surface area contributed by atoms with Crippen molar-refractivity contribution in [1.29, 1.82) is 10.8 Å². The summed E-state index contributed by atoms with van der Waals surface area (Å²) in [6.07, 6.45) is 1.39. The predicted molar refractivity (Wildman–Crippen MR) is 55.4 cm³/mol. The fourth-order valence-corrected chi connectivity index (χ4v) is 1.26. The molecule has 0 spiro atoms. The van der Waals surface area contributed by atoms with E-state index in [4.69, 9.17) is 31.4 Å². The first kappa shape index (κ1) is 10.0. The van der Waals surface area contributed by atoms with Crippen molar-refractivity contribution in [3.63, 3.8) is 0 Å². The van der Waals surface area contributed by atoms with Crippen LogP contribution in [0.2, 0.25) is 0 Å². The van der Waals surface area contributed by atoms with Gasteiger partial charge in [-0.25, -0.2) is 4.98 Å². The van der Waals surface area contributed by atoms with Gasteiger partial charge in [0.15, 0.2) is 29.9 Å². The van der Waals surface area contributed by atoms with Gasteiger partial charge in [-0.05, 0) is 0 Å². The van der Waals surface area contributed by atoms with Crippen LogP contribution >= 0.6 is 0 Å². The second-order valence-corrected chi connectivity index (χ2v) is 3.03. The molecule has 1 aliphatic heterocycles. The molecule has 2 rings (SSSR count). The molecule has 1 aromatic heterocycles. The Morgan fingerprint density at radius 1 is 1.38 bits per heavy atom. The van der Waals surface area contributed by atoms with Crippen LogP contribution in [-0.4, -0.2) is 23.4 Å². The molecule has 0 saturated heterocycles. The molecule has 16 heavy (non-hydrogen) atoms. The highest BCUT2D eigenvalue weighted by Gasteiger charge is 2.23. The van der Waals surface area contributed by atoms with Gasteiger partial charge in [0, 0.05) is 0 Å². The monoisotopic (exact) mass is 222 g/mol. The van der Waals surface area contributed by atoms with E-state index in [1.807, 2.05) is 0 Å². The molecule has 1 aromatic rings. The first-order valence-corrected chi connectivity index (χ1v) is 4.35. The summed E-state index contributed by atoms with van der Waals surface area (Å²) in [7, 11) is 0. The van der Waals surface area contributed by atoms with Gasteiger partial charge in [0.1, 0.15) is 5.70 Å². The molecule has 0 bridgehead atoms. The Balaban J connectivity index is 2.39. The van der Waals surface area contributed by atoms with Gasteiger partial charge >= 0.3 is 0 Å². The molecule has 0 aliphatic carbocycles. The number of oxazole rings is 1. The number of nitrogen functional groups attached to an aromatic ring is 1. The number of amidine groups is 2. The van der Waals surface area contributed by atoms with Gasteiger partial charge in [-0.2, -0.15) is 0 Å². The maximum absolute atomic E-state index is 7.29. The lowest BCUT2D eigenvalue weighted by molar-refractivity contribution is 0.249. The Hall–Kier alpha value is -2.51. The third-order valence-electron chi connectivity index (χ3n) is 1.92. The minimum atomic E-state index is -0.268. The maximum Gasteiger partial charge on any atom is 0.262 e. The molecule has 0 saturated carbocycles. The van der Waals surface area contributed by atoms with Crippen LogP contribution in [0.4, 0.5) is 0 Å². The van der Waals surface area contributed by atoms with E-state index >= 15 is 0 Å². The maximum atomic E-state index is 7.29. The van der Waals surface area contributed by atoms with Gasteiger partial charge < -0.3 is 25.9 Å². The highest BCUT2D eigenvalue weighted by Crippen LogP contribution is 2.21. The van der Waals surface area contributed by atoms with Crippen molar-refractivity contribution in [2.75, 3.05) is 6.73 Å². The lowest BCUT2D eigenvalue weighted by atomic mass is 10.3. The van der Waals surface area contributed by atoms with Crippen LogP contribution < -0.4 is 16.8 Å². The molecule has 7 N–H and O–H groups in total. The molecule has 8 heteroatoms. The van der Waals surface area contributed by atoms with Crippen LogP contribution in [-0.2, 0) is 4.74 Å². The van der Waals surface area contributed by atoms with Gasteiger partial charge in [-0.15, -0.1) is 0 Å². The topological polar surface area (TPSA) is 147 Å². The van der Waals surface area contributed by atoms with E-state index in [2.05, 4.69) is 10.3 Å². The first-order chi connectivity index (χ1) is 7.59. The fourth-order valence-electron chi connectivity index (χ4n) is 1.26. The number of ether oxygens (including phenoxy) is 1. The Labute approximate surface area is 90.3 Å². The third kappa shape index (κ3) is 1.56. The number of rotatable bonds is 3. The van der Waals surface area contributed by atoms with Crippen LogP contribution in [0.3, 0.4) is 0 Å². The SMILES string of the molecule is N=C(N)C1=C(c2cnc(C(=N)N)o2)NCO1. The summed E-state index contributed by atoms with van der Waals surface area (Å²) in [4.78, 5) is 3.80. The normalized spacial score (nSPS) is 14.5. The number of nitrogens with one attached hydrogen (secondary N) is 3. The van der Waals surface area contributed by atoms with Crippen molar-refractivity contribution in [2.24, 2.45) is 11.5 Å². The van der Waals surface area contributed by atoms with E-state index in [-0.39, 0.29) is 30.1 Å². The summed E-state index contributed by atoms with van der Waals surface area (Å²) in [5, 5.41) is 17.3. The molecule has 1 aliphatic rings. The van der Waals surface area contributed by atoms with Crippen molar-refractivity contribution < 1.29 is 9.15 Å². The van der Waals surface area contributed by atoms with Crippen LogP contribution in [0.15, 0.2) is 16.4 Å². The Morgan fingerprint density at radius 3 is 2.69 bits per heavy atom. The van der Waals surface area contributed by atoms with Crippen molar-refractivity contribution in [3.8, 4) is 0 Å². The summed E-state index contributed by atoms with van der Waals surface area (Å²) >= 11 is 0. The zero-order chi connectivity index (χ0) is 11.7. The van der Waals surface area contributed by atoms with Crippen molar-refractivity contribution in [2.45, 2.75) is 0 Å².